The quantitative estimate of drug-likeness (QED) is 0.569. The van der Waals surface area contributed by atoms with Crippen LogP contribution in [-0.4, -0.2) is 42.5 Å². The van der Waals surface area contributed by atoms with Crippen LogP contribution in [0.4, 0.5) is 0 Å². The molecule has 0 aliphatic carbocycles. The lowest BCUT2D eigenvalue weighted by molar-refractivity contribution is -0.140. The summed E-state index contributed by atoms with van der Waals surface area (Å²) in [7, 11) is 0. The SMILES string of the molecule is CCCNC(=O)[C@H](C)N(Cc1c(Cl)cccc1Cl)C(=O)CCc1ccc2c(c1)OCCO2. The number of nitrogens with zero attached hydrogens (tertiary/aromatic N) is 1. The van der Waals surface area contributed by atoms with Crippen LogP contribution in [0.3, 0.4) is 0 Å². The Kier molecular flexibility index (Phi) is 8.65. The molecule has 0 saturated carbocycles. The van der Waals surface area contributed by atoms with Crippen molar-refractivity contribution >= 4 is 35.0 Å². The van der Waals surface area contributed by atoms with Gasteiger partial charge < -0.3 is 19.7 Å². The van der Waals surface area contributed by atoms with Gasteiger partial charge in [0.15, 0.2) is 11.5 Å². The lowest BCUT2D eigenvalue weighted by atomic mass is 10.1. The molecule has 172 valence electrons. The molecule has 3 rings (SSSR count). The molecule has 1 aliphatic heterocycles. The van der Waals surface area contributed by atoms with Crippen molar-refractivity contribution in [2.45, 2.75) is 45.7 Å². The molecule has 32 heavy (non-hydrogen) atoms. The minimum absolute atomic E-state index is 0.152. The zero-order valence-electron chi connectivity index (χ0n) is 18.3. The van der Waals surface area contributed by atoms with E-state index in [1.54, 1.807) is 25.1 Å². The number of amides is 2. The van der Waals surface area contributed by atoms with E-state index in [-0.39, 0.29) is 24.8 Å². The summed E-state index contributed by atoms with van der Waals surface area (Å²) >= 11 is 12.7. The van der Waals surface area contributed by atoms with Gasteiger partial charge in [0.2, 0.25) is 11.8 Å². The van der Waals surface area contributed by atoms with Crippen molar-refractivity contribution in [3.05, 3.63) is 57.6 Å². The van der Waals surface area contributed by atoms with Gasteiger partial charge in [0.1, 0.15) is 19.3 Å². The highest BCUT2D eigenvalue weighted by molar-refractivity contribution is 6.36. The molecule has 0 radical (unpaired) electrons. The predicted octanol–water partition coefficient (Wildman–Crippen LogP) is 4.64. The Morgan fingerprint density at radius 2 is 1.78 bits per heavy atom. The molecule has 2 aromatic carbocycles. The van der Waals surface area contributed by atoms with Crippen LogP contribution in [0.15, 0.2) is 36.4 Å². The van der Waals surface area contributed by atoms with E-state index in [0.717, 1.165) is 12.0 Å². The molecule has 1 N–H and O–H groups in total. The van der Waals surface area contributed by atoms with Gasteiger partial charge in [-0.05, 0) is 49.6 Å². The van der Waals surface area contributed by atoms with Gasteiger partial charge in [-0.2, -0.15) is 0 Å². The molecule has 0 saturated heterocycles. The molecule has 0 unspecified atom stereocenters. The smallest absolute Gasteiger partial charge is 0.242 e. The van der Waals surface area contributed by atoms with Gasteiger partial charge in [0, 0.05) is 35.1 Å². The van der Waals surface area contributed by atoms with Crippen molar-refractivity contribution in [1.29, 1.82) is 0 Å². The van der Waals surface area contributed by atoms with Crippen LogP contribution in [0.5, 0.6) is 11.5 Å². The van der Waals surface area contributed by atoms with Gasteiger partial charge in [-0.25, -0.2) is 0 Å². The van der Waals surface area contributed by atoms with Crippen molar-refractivity contribution in [3.63, 3.8) is 0 Å². The van der Waals surface area contributed by atoms with E-state index < -0.39 is 6.04 Å². The second kappa shape index (κ2) is 11.4. The summed E-state index contributed by atoms with van der Waals surface area (Å²) in [6, 6.07) is 10.2. The number of ether oxygens (including phenoxy) is 2. The van der Waals surface area contributed by atoms with E-state index in [9.17, 15) is 9.59 Å². The second-order valence-corrected chi connectivity index (χ2v) is 8.48. The maximum atomic E-state index is 13.3. The average molecular weight is 479 g/mol. The molecule has 0 bridgehead atoms. The number of nitrogens with one attached hydrogen (secondary N) is 1. The topological polar surface area (TPSA) is 67.9 Å². The maximum Gasteiger partial charge on any atom is 0.242 e. The summed E-state index contributed by atoms with van der Waals surface area (Å²) in [5.74, 6) is 1.04. The van der Waals surface area contributed by atoms with Crippen molar-refractivity contribution in [3.8, 4) is 11.5 Å². The number of carbonyl (C=O) groups excluding carboxylic acids is 2. The Hall–Kier alpha value is -2.44. The van der Waals surface area contributed by atoms with Gasteiger partial charge in [0.05, 0.1) is 0 Å². The van der Waals surface area contributed by atoms with Crippen LogP contribution >= 0.6 is 23.2 Å². The molecule has 0 aromatic heterocycles. The van der Waals surface area contributed by atoms with Gasteiger partial charge in [-0.15, -0.1) is 0 Å². The summed E-state index contributed by atoms with van der Waals surface area (Å²) in [4.78, 5) is 27.4. The first-order valence-corrected chi connectivity index (χ1v) is 11.5. The lowest BCUT2D eigenvalue weighted by Gasteiger charge is -2.29. The fourth-order valence-corrected chi connectivity index (χ4v) is 3.99. The molecule has 1 aliphatic rings. The Morgan fingerprint density at radius 1 is 1.09 bits per heavy atom. The maximum absolute atomic E-state index is 13.3. The number of benzene rings is 2. The number of hydrogen-bond acceptors (Lipinski definition) is 4. The van der Waals surface area contributed by atoms with Crippen LogP contribution in [-0.2, 0) is 22.6 Å². The monoisotopic (exact) mass is 478 g/mol. The van der Waals surface area contributed by atoms with E-state index in [1.165, 1.54) is 4.90 Å². The lowest BCUT2D eigenvalue weighted by Crippen LogP contribution is -2.47. The molecule has 0 spiro atoms. The molecule has 2 amide bonds. The largest absolute Gasteiger partial charge is 0.486 e. The summed E-state index contributed by atoms with van der Waals surface area (Å²) < 4.78 is 11.2. The van der Waals surface area contributed by atoms with E-state index in [4.69, 9.17) is 32.7 Å². The molecule has 2 aromatic rings. The van der Waals surface area contributed by atoms with Crippen LogP contribution in [0.2, 0.25) is 10.0 Å². The molecular formula is C24H28Cl2N2O4. The van der Waals surface area contributed by atoms with Crippen LogP contribution in [0, 0.1) is 0 Å². The zero-order chi connectivity index (χ0) is 23.1. The number of hydrogen-bond donors (Lipinski definition) is 1. The van der Waals surface area contributed by atoms with Gasteiger partial charge in [-0.3, -0.25) is 9.59 Å². The Bertz CT molecular complexity index is 947. The number of rotatable bonds is 9. The van der Waals surface area contributed by atoms with Gasteiger partial charge in [0.25, 0.3) is 0 Å². The van der Waals surface area contributed by atoms with E-state index in [1.807, 2.05) is 25.1 Å². The van der Waals surface area contributed by atoms with E-state index >= 15 is 0 Å². The van der Waals surface area contributed by atoms with Crippen LogP contribution in [0.1, 0.15) is 37.8 Å². The Balaban J connectivity index is 1.75. The van der Waals surface area contributed by atoms with Gasteiger partial charge >= 0.3 is 0 Å². The summed E-state index contributed by atoms with van der Waals surface area (Å²) in [5, 5.41) is 3.78. The number of aryl methyl sites for hydroxylation is 1. The van der Waals surface area contributed by atoms with Crippen molar-refractivity contribution < 1.29 is 19.1 Å². The van der Waals surface area contributed by atoms with Crippen LogP contribution in [0.25, 0.3) is 0 Å². The highest BCUT2D eigenvalue weighted by atomic mass is 35.5. The average Bonchev–Trinajstić information content (AvgIpc) is 2.80. The molecule has 6 nitrogen and oxygen atoms in total. The first-order chi connectivity index (χ1) is 15.4. The van der Waals surface area contributed by atoms with Crippen molar-refractivity contribution in [2.24, 2.45) is 0 Å². The molecule has 1 heterocycles. The first kappa shape index (κ1) is 24.2. The minimum Gasteiger partial charge on any atom is -0.486 e. The van der Waals surface area contributed by atoms with Gasteiger partial charge in [-0.1, -0.05) is 42.3 Å². The summed E-state index contributed by atoms with van der Waals surface area (Å²) in [5.41, 5.74) is 1.58. The molecule has 8 heteroatoms. The fraction of sp³-hybridized carbons (Fsp3) is 0.417. The number of carbonyl (C=O) groups is 2. The summed E-state index contributed by atoms with van der Waals surface area (Å²) in [6.07, 6.45) is 1.55. The predicted molar refractivity (Wildman–Crippen MR) is 126 cm³/mol. The molecule has 0 fully saturated rings. The Morgan fingerprint density at radius 3 is 2.47 bits per heavy atom. The van der Waals surface area contributed by atoms with E-state index in [0.29, 0.717) is 53.3 Å². The number of fused-ring (bicyclic) bond motifs is 1. The van der Waals surface area contributed by atoms with Crippen LogP contribution < -0.4 is 14.8 Å². The highest BCUT2D eigenvalue weighted by Gasteiger charge is 2.27. The highest BCUT2D eigenvalue weighted by Crippen LogP contribution is 2.31. The molecule has 1 atom stereocenters. The summed E-state index contributed by atoms with van der Waals surface area (Å²) in [6.45, 7) is 5.44. The standard InChI is InChI=1S/C24H28Cl2N2O4/c1-3-11-27-24(30)16(2)28(15-18-19(25)5-4-6-20(18)26)23(29)10-8-17-7-9-21-22(14-17)32-13-12-31-21/h4-7,9,14,16H,3,8,10-13,15H2,1-2H3,(H,27,30)/t16-/m0/s1. The number of halogens is 2. The normalized spacial score (nSPS) is 13.4. The third-order valence-corrected chi connectivity index (χ3v) is 6.05. The third kappa shape index (κ3) is 6.08. The second-order valence-electron chi connectivity index (χ2n) is 7.67. The third-order valence-electron chi connectivity index (χ3n) is 5.34. The first-order valence-electron chi connectivity index (χ1n) is 10.8. The zero-order valence-corrected chi connectivity index (χ0v) is 19.8. The molecular weight excluding hydrogens is 451 g/mol. The minimum atomic E-state index is -0.665. The Labute approximate surface area is 198 Å². The fourth-order valence-electron chi connectivity index (χ4n) is 3.47. The van der Waals surface area contributed by atoms with Crippen molar-refractivity contribution in [1.82, 2.24) is 10.2 Å². The van der Waals surface area contributed by atoms with E-state index in [2.05, 4.69) is 5.32 Å². The van der Waals surface area contributed by atoms with Crippen molar-refractivity contribution in [2.75, 3.05) is 19.8 Å².